The molecule has 0 radical (unpaired) electrons. The smallest absolute Gasteiger partial charge is 0.253 e. The Bertz CT molecular complexity index is 545. The number of carbonyl (C=O) groups is 1. The van der Waals surface area contributed by atoms with Crippen molar-refractivity contribution in [1.29, 1.82) is 0 Å². The van der Waals surface area contributed by atoms with E-state index < -0.39 is 0 Å². The first kappa shape index (κ1) is 14.6. The minimum absolute atomic E-state index is 0.0200. The average molecular weight is 272 g/mol. The predicted octanol–water partition coefficient (Wildman–Crippen LogP) is 4.26. The second-order valence-corrected chi connectivity index (χ2v) is 5.27. The van der Waals surface area contributed by atoms with E-state index in [2.05, 4.69) is 17.2 Å². The van der Waals surface area contributed by atoms with Crippen LogP contribution >= 0.6 is 0 Å². The zero-order valence-corrected chi connectivity index (χ0v) is 12.2. The summed E-state index contributed by atoms with van der Waals surface area (Å²) in [5, 5.41) is 4.09. The van der Waals surface area contributed by atoms with Gasteiger partial charge in [-0.3, -0.25) is 4.79 Å². The van der Waals surface area contributed by atoms with Gasteiger partial charge in [0.05, 0.1) is 11.1 Å². The highest BCUT2D eigenvalue weighted by Gasteiger charge is 2.09. The SMILES string of the molecule is CCCCCCCCNC(=O)c1cccc2cc[nH]c12. The van der Waals surface area contributed by atoms with E-state index in [4.69, 9.17) is 0 Å². The Hall–Kier alpha value is -1.77. The number of aromatic nitrogens is 1. The van der Waals surface area contributed by atoms with Crippen LogP contribution in [0, 0.1) is 0 Å². The molecule has 0 aliphatic heterocycles. The van der Waals surface area contributed by atoms with Crippen LogP contribution in [0.5, 0.6) is 0 Å². The predicted molar refractivity (Wildman–Crippen MR) is 84.0 cm³/mol. The maximum Gasteiger partial charge on any atom is 0.253 e. The van der Waals surface area contributed by atoms with Gasteiger partial charge in [0.25, 0.3) is 5.91 Å². The van der Waals surface area contributed by atoms with Gasteiger partial charge >= 0.3 is 0 Å². The van der Waals surface area contributed by atoms with Gasteiger partial charge in [-0.15, -0.1) is 0 Å². The summed E-state index contributed by atoms with van der Waals surface area (Å²) in [5.74, 6) is 0.0200. The number of amides is 1. The van der Waals surface area contributed by atoms with Gasteiger partial charge in [-0.2, -0.15) is 0 Å². The lowest BCUT2D eigenvalue weighted by Gasteiger charge is -2.06. The lowest BCUT2D eigenvalue weighted by Crippen LogP contribution is -2.24. The Morgan fingerprint density at radius 2 is 1.90 bits per heavy atom. The zero-order valence-electron chi connectivity index (χ0n) is 12.2. The first-order chi connectivity index (χ1) is 9.83. The van der Waals surface area contributed by atoms with E-state index in [1.54, 1.807) is 0 Å². The zero-order chi connectivity index (χ0) is 14.2. The molecule has 1 aromatic carbocycles. The van der Waals surface area contributed by atoms with Gasteiger partial charge in [-0.1, -0.05) is 51.2 Å². The highest BCUT2D eigenvalue weighted by molar-refractivity contribution is 6.05. The third-order valence-electron chi connectivity index (χ3n) is 3.65. The standard InChI is InChI=1S/C17H24N2O/c1-2-3-4-5-6-7-12-19-17(20)15-10-8-9-14-11-13-18-16(14)15/h8-11,13,18H,2-7,12H2,1H3,(H,19,20). The summed E-state index contributed by atoms with van der Waals surface area (Å²) in [4.78, 5) is 15.3. The van der Waals surface area contributed by atoms with Gasteiger partial charge in [0.15, 0.2) is 0 Å². The van der Waals surface area contributed by atoms with E-state index in [0.29, 0.717) is 0 Å². The number of benzene rings is 1. The van der Waals surface area contributed by atoms with Crippen LogP contribution in [0.3, 0.4) is 0 Å². The molecule has 3 heteroatoms. The lowest BCUT2D eigenvalue weighted by molar-refractivity contribution is 0.0954. The first-order valence-electron chi connectivity index (χ1n) is 7.67. The number of hydrogen-bond donors (Lipinski definition) is 2. The molecule has 0 unspecified atom stereocenters. The molecule has 0 spiro atoms. The molecule has 0 aliphatic rings. The van der Waals surface area contributed by atoms with Crippen LogP contribution in [0.4, 0.5) is 0 Å². The van der Waals surface area contributed by atoms with Crippen molar-refractivity contribution in [3.8, 4) is 0 Å². The minimum Gasteiger partial charge on any atom is -0.361 e. The van der Waals surface area contributed by atoms with Crippen molar-refractivity contribution >= 4 is 16.8 Å². The molecule has 2 aromatic rings. The fourth-order valence-electron chi connectivity index (χ4n) is 2.48. The van der Waals surface area contributed by atoms with Gasteiger partial charge in [0.1, 0.15) is 0 Å². The van der Waals surface area contributed by atoms with E-state index >= 15 is 0 Å². The fraction of sp³-hybridized carbons (Fsp3) is 0.471. The third-order valence-corrected chi connectivity index (χ3v) is 3.65. The summed E-state index contributed by atoms with van der Waals surface area (Å²) in [6.45, 7) is 2.99. The summed E-state index contributed by atoms with van der Waals surface area (Å²) in [5.41, 5.74) is 1.66. The van der Waals surface area contributed by atoms with Crippen LogP contribution in [0.2, 0.25) is 0 Å². The van der Waals surface area contributed by atoms with Gasteiger partial charge in [0, 0.05) is 18.1 Å². The van der Waals surface area contributed by atoms with E-state index in [-0.39, 0.29) is 5.91 Å². The molecule has 0 fully saturated rings. The van der Waals surface area contributed by atoms with Crippen molar-refractivity contribution in [3.63, 3.8) is 0 Å². The number of rotatable bonds is 8. The van der Waals surface area contributed by atoms with Gasteiger partial charge in [0.2, 0.25) is 0 Å². The molecule has 0 atom stereocenters. The normalized spacial score (nSPS) is 10.8. The van der Waals surface area contributed by atoms with E-state index in [9.17, 15) is 4.79 Å². The van der Waals surface area contributed by atoms with Gasteiger partial charge in [-0.25, -0.2) is 0 Å². The Kier molecular flexibility index (Phi) is 5.66. The van der Waals surface area contributed by atoms with Crippen LogP contribution in [0.15, 0.2) is 30.5 Å². The van der Waals surface area contributed by atoms with Crippen molar-refractivity contribution in [2.45, 2.75) is 45.4 Å². The van der Waals surface area contributed by atoms with Crippen molar-refractivity contribution in [3.05, 3.63) is 36.0 Å². The molecule has 2 N–H and O–H groups in total. The molecule has 108 valence electrons. The quantitative estimate of drug-likeness (QED) is 0.693. The molecule has 0 saturated heterocycles. The molecular weight excluding hydrogens is 248 g/mol. The Balaban J connectivity index is 1.76. The molecule has 0 bridgehead atoms. The number of hydrogen-bond acceptors (Lipinski definition) is 1. The molecule has 20 heavy (non-hydrogen) atoms. The number of H-pyrrole nitrogens is 1. The number of fused-ring (bicyclic) bond motifs is 1. The monoisotopic (exact) mass is 272 g/mol. The summed E-state index contributed by atoms with van der Waals surface area (Å²) < 4.78 is 0. The summed E-state index contributed by atoms with van der Waals surface area (Å²) >= 11 is 0. The molecule has 1 amide bonds. The number of aromatic amines is 1. The van der Waals surface area contributed by atoms with E-state index in [1.807, 2.05) is 30.5 Å². The molecule has 1 aromatic heterocycles. The van der Waals surface area contributed by atoms with Crippen molar-refractivity contribution in [1.82, 2.24) is 10.3 Å². The van der Waals surface area contributed by atoms with Crippen LogP contribution < -0.4 is 5.32 Å². The number of carbonyl (C=O) groups excluding carboxylic acids is 1. The molecule has 0 saturated carbocycles. The molecule has 2 rings (SSSR count). The Morgan fingerprint density at radius 1 is 1.10 bits per heavy atom. The van der Waals surface area contributed by atoms with Crippen LogP contribution in [-0.2, 0) is 0 Å². The third kappa shape index (κ3) is 3.86. The highest BCUT2D eigenvalue weighted by atomic mass is 16.1. The highest BCUT2D eigenvalue weighted by Crippen LogP contribution is 2.16. The summed E-state index contributed by atoms with van der Waals surface area (Å²) in [6.07, 6.45) is 9.32. The topological polar surface area (TPSA) is 44.9 Å². The van der Waals surface area contributed by atoms with Crippen molar-refractivity contribution in [2.75, 3.05) is 6.54 Å². The average Bonchev–Trinajstić information content (AvgIpc) is 2.94. The lowest BCUT2D eigenvalue weighted by atomic mass is 10.1. The summed E-state index contributed by atoms with van der Waals surface area (Å²) in [6, 6.07) is 7.79. The van der Waals surface area contributed by atoms with Gasteiger partial charge < -0.3 is 10.3 Å². The minimum atomic E-state index is 0.0200. The van der Waals surface area contributed by atoms with Crippen molar-refractivity contribution < 1.29 is 4.79 Å². The number of nitrogens with one attached hydrogen (secondary N) is 2. The fourth-order valence-corrected chi connectivity index (χ4v) is 2.48. The molecular formula is C17H24N2O. The Labute approximate surface area is 120 Å². The van der Waals surface area contributed by atoms with Crippen LogP contribution in [-0.4, -0.2) is 17.4 Å². The van der Waals surface area contributed by atoms with Gasteiger partial charge in [-0.05, 0) is 18.6 Å². The first-order valence-corrected chi connectivity index (χ1v) is 7.67. The maximum atomic E-state index is 12.2. The number of unbranched alkanes of at least 4 members (excludes halogenated alkanes) is 5. The van der Waals surface area contributed by atoms with Crippen LogP contribution in [0.1, 0.15) is 55.8 Å². The molecule has 3 nitrogen and oxygen atoms in total. The Morgan fingerprint density at radius 3 is 2.75 bits per heavy atom. The van der Waals surface area contributed by atoms with E-state index in [0.717, 1.165) is 29.4 Å². The second kappa shape index (κ2) is 7.73. The van der Waals surface area contributed by atoms with Crippen molar-refractivity contribution in [2.24, 2.45) is 0 Å². The molecule has 1 heterocycles. The summed E-state index contributed by atoms with van der Waals surface area (Å²) in [7, 11) is 0. The molecule has 0 aliphatic carbocycles. The van der Waals surface area contributed by atoms with Crippen LogP contribution in [0.25, 0.3) is 10.9 Å². The number of para-hydroxylation sites is 1. The maximum absolute atomic E-state index is 12.2. The van der Waals surface area contributed by atoms with E-state index in [1.165, 1.54) is 32.1 Å². The largest absolute Gasteiger partial charge is 0.361 e. The second-order valence-electron chi connectivity index (χ2n) is 5.27.